The van der Waals surface area contributed by atoms with Crippen molar-refractivity contribution < 1.29 is 14.9 Å². The Morgan fingerprint density at radius 3 is 2.48 bits per heavy atom. The van der Waals surface area contributed by atoms with Gasteiger partial charge in [-0.2, -0.15) is 0 Å². The molecule has 2 unspecified atom stereocenters. The van der Waals surface area contributed by atoms with Crippen molar-refractivity contribution >= 4 is 0 Å². The van der Waals surface area contributed by atoms with Crippen molar-refractivity contribution in [1.29, 1.82) is 0 Å². The quantitative estimate of drug-likeness (QED) is 0.373. The summed E-state index contributed by atoms with van der Waals surface area (Å²) in [7, 11) is 1.57. The number of rotatable bonds is 15. The first-order chi connectivity index (χ1) is 13.0. The van der Waals surface area contributed by atoms with Crippen molar-refractivity contribution in [3.63, 3.8) is 0 Å². The topological polar surface area (TPSA) is 61.7 Å². The van der Waals surface area contributed by atoms with E-state index in [1.165, 1.54) is 25.7 Å². The van der Waals surface area contributed by atoms with Gasteiger partial charge in [0.1, 0.15) is 0 Å². The second kappa shape index (κ2) is 13.8. The van der Waals surface area contributed by atoms with Crippen LogP contribution in [0.1, 0.15) is 77.7 Å². The van der Waals surface area contributed by atoms with Gasteiger partial charge in [-0.25, -0.2) is 0 Å². The van der Waals surface area contributed by atoms with Crippen molar-refractivity contribution in [2.45, 2.75) is 90.7 Å². The van der Waals surface area contributed by atoms with Crippen molar-refractivity contribution in [2.75, 3.05) is 13.7 Å². The number of ether oxygens (including phenoxy) is 1. The third-order valence-electron chi connectivity index (χ3n) is 5.04. The lowest BCUT2D eigenvalue weighted by molar-refractivity contribution is 0.134. The van der Waals surface area contributed by atoms with Crippen LogP contribution in [0.2, 0.25) is 0 Å². The van der Waals surface area contributed by atoms with Gasteiger partial charge in [0.15, 0.2) is 11.5 Å². The van der Waals surface area contributed by atoms with Gasteiger partial charge in [-0.3, -0.25) is 0 Å². The highest BCUT2D eigenvalue weighted by Gasteiger charge is 2.15. The summed E-state index contributed by atoms with van der Waals surface area (Å²) in [4.78, 5) is 0. The lowest BCUT2D eigenvalue weighted by atomic mass is 9.97. The highest BCUT2D eigenvalue weighted by atomic mass is 16.5. The molecule has 0 spiro atoms. The largest absolute Gasteiger partial charge is 0.504 e. The van der Waals surface area contributed by atoms with E-state index in [4.69, 9.17) is 4.74 Å². The molecule has 0 aliphatic rings. The van der Waals surface area contributed by atoms with E-state index in [-0.39, 0.29) is 11.9 Å². The summed E-state index contributed by atoms with van der Waals surface area (Å²) in [6.45, 7) is 7.61. The summed E-state index contributed by atoms with van der Waals surface area (Å²) in [5.74, 6) is 1.29. The maximum Gasteiger partial charge on any atom is 0.160 e. The van der Waals surface area contributed by atoms with E-state index < -0.39 is 0 Å². The van der Waals surface area contributed by atoms with E-state index in [0.717, 1.165) is 44.2 Å². The molecule has 4 heteroatoms. The molecule has 156 valence electrons. The van der Waals surface area contributed by atoms with Crippen molar-refractivity contribution in [2.24, 2.45) is 5.92 Å². The zero-order valence-corrected chi connectivity index (χ0v) is 17.8. The Balaban J connectivity index is 2.50. The van der Waals surface area contributed by atoms with Gasteiger partial charge >= 0.3 is 0 Å². The predicted molar refractivity (Wildman–Crippen MR) is 114 cm³/mol. The molecule has 0 amide bonds. The lowest BCUT2D eigenvalue weighted by Gasteiger charge is -2.23. The first-order valence-electron chi connectivity index (χ1n) is 10.7. The summed E-state index contributed by atoms with van der Waals surface area (Å²) in [6.07, 6.45) is 9.51. The second-order valence-electron chi connectivity index (χ2n) is 8.14. The van der Waals surface area contributed by atoms with E-state index in [0.29, 0.717) is 17.7 Å². The SMILES string of the molecule is CCCCCCCC(O)CC(CCc1ccc(O)c(OC)c1)NCC(C)C. The molecule has 0 saturated heterocycles. The Hall–Kier alpha value is -1.26. The number of hydrogen-bond donors (Lipinski definition) is 3. The van der Waals surface area contributed by atoms with E-state index >= 15 is 0 Å². The van der Waals surface area contributed by atoms with Crippen LogP contribution in [0.5, 0.6) is 11.5 Å². The molecule has 0 heterocycles. The van der Waals surface area contributed by atoms with E-state index in [1.54, 1.807) is 13.2 Å². The van der Waals surface area contributed by atoms with Crippen LogP contribution in [0.3, 0.4) is 0 Å². The fourth-order valence-electron chi connectivity index (χ4n) is 3.35. The van der Waals surface area contributed by atoms with Crippen LogP contribution < -0.4 is 10.1 Å². The standard InChI is InChI=1S/C23H41NO3/c1-5-6-7-8-9-10-21(25)16-20(24-17-18(2)3)13-11-19-12-14-22(26)23(15-19)27-4/h12,14-15,18,20-21,24-26H,5-11,13,16-17H2,1-4H3. The molecule has 1 rings (SSSR count). The first-order valence-corrected chi connectivity index (χ1v) is 10.7. The van der Waals surface area contributed by atoms with Crippen LogP contribution in [-0.2, 0) is 6.42 Å². The molecular formula is C23H41NO3. The molecule has 4 nitrogen and oxygen atoms in total. The maximum absolute atomic E-state index is 10.5. The third-order valence-corrected chi connectivity index (χ3v) is 5.04. The highest BCUT2D eigenvalue weighted by molar-refractivity contribution is 5.41. The third kappa shape index (κ3) is 10.6. The number of methoxy groups -OCH3 is 1. The molecule has 0 radical (unpaired) electrons. The second-order valence-corrected chi connectivity index (χ2v) is 8.14. The fraction of sp³-hybridized carbons (Fsp3) is 0.739. The van der Waals surface area contributed by atoms with Gasteiger partial charge < -0.3 is 20.3 Å². The summed E-state index contributed by atoms with van der Waals surface area (Å²) in [6, 6.07) is 5.84. The van der Waals surface area contributed by atoms with E-state index in [2.05, 4.69) is 26.1 Å². The zero-order valence-electron chi connectivity index (χ0n) is 17.8. The molecule has 0 fully saturated rings. The number of aryl methyl sites for hydroxylation is 1. The molecular weight excluding hydrogens is 338 g/mol. The van der Waals surface area contributed by atoms with Crippen LogP contribution in [0.15, 0.2) is 18.2 Å². The van der Waals surface area contributed by atoms with Gasteiger partial charge in [0, 0.05) is 6.04 Å². The molecule has 3 N–H and O–H groups in total. The van der Waals surface area contributed by atoms with Crippen LogP contribution in [0.4, 0.5) is 0 Å². The van der Waals surface area contributed by atoms with Gasteiger partial charge in [0.05, 0.1) is 13.2 Å². The Labute approximate surface area is 166 Å². The number of hydrogen-bond acceptors (Lipinski definition) is 4. The van der Waals surface area contributed by atoms with Gasteiger partial charge in [0.2, 0.25) is 0 Å². The minimum Gasteiger partial charge on any atom is -0.504 e. The van der Waals surface area contributed by atoms with Crippen LogP contribution in [0, 0.1) is 5.92 Å². The van der Waals surface area contributed by atoms with Crippen LogP contribution in [-0.4, -0.2) is 36.0 Å². The number of phenols is 1. The van der Waals surface area contributed by atoms with Gasteiger partial charge in [-0.1, -0.05) is 58.9 Å². The summed E-state index contributed by atoms with van der Waals surface area (Å²) in [5.41, 5.74) is 1.15. The average Bonchev–Trinajstić information content (AvgIpc) is 2.64. The minimum atomic E-state index is -0.231. The number of aliphatic hydroxyl groups excluding tert-OH is 1. The number of benzene rings is 1. The van der Waals surface area contributed by atoms with Crippen molar-refractivity contribution in [3.8, 4) is 11.5 Å². The monoisotopic (exact) mass is 379 g/mol. The first kappa shape index (κ1) is 23.8. The lowest BCUT2D eigenvalue weighted by Crippen LogP contribution is -2.35. The summed E-state index contributed by atoms with van der Waals surface area (Å²) >= 11 is 0. The molecule has 1 aromatic rings. The number of aromatic hydroxyl groups is 1. The number of phenolic OH excluding ortho intramolecular Hbond substituents is 1. The van der Waals surface area contributed by atoms with Gasteiger partial charge in [-0.15, -0.1) is 0 Å². The summed E-state index contributed by atoms with van der Waals surface area (Å²) < 4.78 is 5.20. The Bertz CT molecular complexity index is 504. The Kier molecular flexibility index (Phi) is 12.2. The number of aliphatic hydroxyl groups is 1. The normalized spacial score (nSPS) is 13.7. The smallest absolute Gasteiger partial charge is 0.160 e. The van der Waals surface area contributed by atoms with E-state index in [1.807, 2.05) is 12.1 Å². The number of unbranched alkanes of at least 4 members (excludes halogenated alkanes) is 4. The Morgan fingerprint density at radius 2 is 1.81 bits per heavy atom. The molecule has 27 heavy (non-hydrogen) atoms. The highest BCUT2D eigenvalue weighted by Crippen LogP contribution is 2.27. The fourth-order valence-corrected chi connectivity index (χ4v) is 3.35. The Morgan fingerprint density at radius 1 is 1.07 bits per heavy atom. The van der Waals surface area contributed by atoms with Gasteiger partial charge in [0.25, 0.3) is 0 Å². The minimum absolute atomic E-state index is 0.175. The van der Waals surface area contributed by atoms with Crippen molar-refractivity contribution in [3.05, 3.63) is 23.8 Å². The maximum atomic E-state index is 10.5. The van der Waals surface area contributed by atoms with E-state index in [9.17, 15) is 10.2 Å². The van der Waals surface area contributed by atoms with Gasteiger partial charge in [-0.05, 0) is 55.8 Å². The molecule has 2 atom stereocenters. The summed E-state index contributed by atoms with van der Waals surface area (Å²) in [5, 5.41) is 23.8. The number of nitrogens with one attached hydrogen (secondary N) is 1. The molecule has 0 aliphatic carbocycles. The van der Waals surface area contributed by atoms with Crippen LogP contribution >= 0.6 is 0 Å². The molecule has 0 saturated carbocycles. The van der Waals surface area contributed by atoms with Crippen molar-refractivity contribution in [1.82, 2.24) is 5.32 Å². The molecule has 1 aromatic carbocycles. The van der Waals surface area contributed by atoms with Crippen LogP contribution in [0.25, 0.3) is 0 Å². The molecule has 0 bridgehead atoms. The average molecular weight is 380 g/mol. The predicted octanol–water partition coefficient (Wildman–Crippen LogP) is 5.06. The molecule has 0 aromatic heterocycles. The zero-order chi connectivity index (χ0) is 20.1. The molecule has 0 aliphatic heterocycles.